The predicted molar refractivity (Wildman–Crippen MR) is 91.7 cm³/mol. The van der Waals surface area contributed by atoms with Gasteiger partial charge in [-0.2, -0.15) is 0 Å². The number of nitrogens with one attached hydrogen (secondary N) is 1. The molecule has 0 aliphatic heterocycles. The molecule has 1 saturated carbocycles. The average molecular weight is 288 g/mol. The van der Waals surface area contributed by atoms with Gasteiger partial charge in [0.05, 0.1) is 0 Å². The van der Waals surface area contributed by atoms with Gasteiger partial charge in [0.25, 0.3) is 0 Å². The molecule has 0 bridgehead atoms. The van der Waals surface area contributed by atoms with Gasteiger partial charge in [-0.05, 0) is 51.9 Å². The summed E-state index contributed by atoms with van der Waals surface area (Å²) < 4.78 is 0. The number of rotatable bonds is 7. The van der Waals surface area contributed by atoms with Gasteiger partial charge in [-0.1, -0.05) is 56.5 Å². The maximum atomic E-state index is 3.80. The van der Waals surface area contributed by atoms with Crippen LogP contribution in [0.4, 0.5) is 0 Å². The number of hydrogen-bond acceptors (Lipinski definition) is 2. The monoisotopic (exact) mass is 288 g/mol. The summed E-state index contributed by atoms with van der Waals surface area (Å²) >= 11 is 0. The Morgan fingerprint density at radius 1 is 1.10 bits per heavy atom. The number of benzene rings is 1. The summed E-state index contributed by atoms with van der Waals surface area (Å²) in [5.74, 6) is 0. The first-order valence-corrected chi connectivity index (χ1v) is 8.64. The summed E-state index contributed by atoms with van der Waals surface area (Å²) in [4.78, 5) is 2.50. The van der Waals surface area contributed by atoms with Gasteiger partial charge in [0.2, 0.25) is 0 Å². The molecular weight excluding hydrogens is 256 g/mol. The highest BCUT2D eigenvalue weighted by Gasteiger charge is 2.40. The molecule has 0 heterocycles. The second-order valence-electron chi connectivity index (χ2n) is 6.69. The molecular formula is C19H32N2. The summed E-state index contributed by atoms with van der Waals surface area (Å²) in [6.07, 6.45) is 9.26. The molecule has 21 heavy (non-hydrogen) atoms. The smallest absolute Gasteiger partial charge is 0.0356 e. The first-order chi connectivity index (χ1) is 10.2. The first kappa shape index (κ1) is 16.5. The van der Waals surface area contributed by atoms with Crippen LogP contribution in [0.25, 0.3) is 0 Å². The standard InChI is InChI=1S/C19H32N2/c1-4-20-18(14-13-17-11-7-5-8-12-17)19(21(2)3)15-9-6-10-16-19/h5,7-8,11-12,18,20H,4,6,9-10,13-16H2,1-3H3. The highest BCUT2D eigenvalue weighted by Crippen LogP contribution is 2.36. The minimum absolute atomic E-state index is 0.350. The minimum atomic E-state index is 0.350. The Balaban J connectivity index is 2.08. The van der Waals surface area contributed by atoms with Gasteiger partial charge < -0.3 is 10.2 Å². The van der Waals surface area contributed by atoms with Crippen LogP contribution in [0.1, 0.15) is 51.0 Å². The van der Waals surface area contributed by atoms with E-state index in [4.69, 9.17) is 0 Å². The van der Waals surface area contributed by atoms with Gasteiger partial charge in [0.15, 0.2) is 0 Å². The lowest BCUT2D eigenvalue weighted by atomic mass is 9.73. The van der Waals surface area contributed by atoms with E-state index in [1.54, 1.807) is 0 Å². The van der Waals surface area contributed by atoms with E-state index in [-0.39, 0.29) is 0 Å². The van der Waals surface area contributed by atoms with E-state index in [0.29, 0.717) is 11.6 Å². The van der Waals surface area contributed by atoms with E-state index in [2.05, 4.69) is 61.6 Å². The second kappa shape index (κ2) is 7.95. The van der Waals surface area contributed by atoms with Crippen LogP contribution in [0.3, 0.4) is 0 Å². The van der Waals surface area contributed by atoms with Gasteiger partial charge in [0.1, 0.15) is 0 Å². The van der Waals surface area contributed by atoms with E-state index < -0.39 is 0 Å². The quantitative estimate of drug-likeness (QED) is 0.819. The Morgan fingerprint density at radius 3 is 2.33 bits per heavy atom. The van der Waals surface area contributed by atoms with Crippen molar-refractivity contribution in [1.29, 1.82) is 0 Å². The lowest BCUT2D eigenvalue weighted by molar-refractivity contribution is 0.0542. The molecule has 1 aliphatic carbocycles. The van der Waals surface area contributed by atoms with Crippen LogP contribution in [0.5, 0.6) is 0 Å². The molecule has 1 N–H and O–H groups in total. The summed E-state index contributed by atoms with van der Waals surface area (Å²) in [7, 11) is 4.55. The summed E-state index contributed by atoms with van der Waals surface area (Å²) in [6, 6.07) is 11.5. The maximum Gasteiger partial charge on any atom is 0.0356 e. The van der Waals surface area contributed by atoms with Crippen LogP contribution < -0.4 is 5.32 Å². The molecule has 118 valence electrons. The Hall–Kier alpha value is -0.860. The van der Waals surface area contributed by atoms with Crippen molar-refractivity contribution in [3.05, 3.63) is 35.9 Å². The minimum Gasteiger partial charge on any atom is -0.312 e. The van der Waals surface area contributed by atoms with Crippen LogP contribution >= 0.6 is 0 Å². The Morgan fingerprint density at radius 2 is 1.76 bits per heavy atom. The van der Waals surface area contributed by atoms with Crippen LogP contribution in [-0.2, 0) is 6.42 Å². The molecule has 2 heteroatoms. The topological polar surface area (TPSA) is 15.3 Å². The van der Waals surface area contributed by atoms with Crippen molar-refractivity contribution in [2.45, 2.75) is 63.5 Å². The zero-order chi connectivity index (χ0) is 15.1. The lowest BCUT2D eigenvalue weighted by Crippen LogP contribution is -2.60. The van der Waals surface area contributed by atoms with E-state index in [9.17, 15) is 0 Å². The molecule has 0 aromatic heterocycles. The van der Waals surface area contributed by atoms with Crippen LogP contribution in [0, 0.1) is 0 Å². The SMILES string of the molecule is CCNC(CCc1ccccc1)C1(N(C)C)CCCCC1. The highest BCUT2D eigenvalue weighted by molar-refractivity contribution is 5.15. The third-order valence-electron chi connectivity index (χ3n) is 5.27. The van der Waals surface area contributed by atoms with E-state index in [0.717, 1.165) is 6.54 Å². The van der Waals surface area contributed by atoms with E-state index in [1.165, 1.54) is 50.5 Å². The molecule has 1 aliphatic rings. The number of hydrogen-bond donors (Lipinski definition) is 1. The third-order valence-corrected chi connectivity index (χ3v) is 5.27. The first-order valence-electron chi connectivity index (χ1n) is 8.64. The molecule has 1 aromatic carbocycles. The molecule has 0 spiro atoms. The molecule has 1 aromatic rings. The Kier molecular flexibility index (Phi) is 6.25. The van der Waals surface area contributed by atoms with Crippen molar-refractivity contribution < 1.29 is 0 Å². The van der Waals surface area contributed by atoms with Crippen molar-refractivity contribution in [3.8, 4) is 0 Å². The fraction of sp³-hybridized carbons (Fsp3) is 0.684. The number of nitrogens with zero attached hydrogens (tertiary/aromatic N) is 1. The largest absolute Gasteiger partial charge is 0.312 e. The molecule has 1 atom stereocenters. The van der Waals surface area contributed by atoms with Gasteiger partial charge in [0, 0.05) is 11.6 Å². The molecule has 0 saturated heterocycles. The van der Waals surface area contributed by atoms with E-state index in [1.807, 2.05) is 0 Å². The molecule has 2 rings (SSSR count). The van der Waals surface area contributed by atoms with Crippen molar-refractivity contribution in [1.82, 2.24) is 10.2 Å². The maximum absolute atomic E-state index is 3.80. The fourth-order valence-corrected chi connectivity index (χ4v) is 4.03. The van der Waals surface area contributed by atoms with Crippen LogP contribution in [0.15, 0.2) is 30.3 Å². The summed E-state index contributed by atoms with van der Waals surface area (Å²) in [6.45, 7) is 3.30. The zero-order valence-corrected chi connectivity index (χ0v) is 14.1. The third kappa shape index (κ3) is 4.08. The Bertz CT molecular complexity index is 393. The van der Waals surface area contributed by atoms with Crippen molar-refractivity contribution in [2.24, 2.45) is 0 Å². The van der Waals surface area contributed by atoms with Crippen molar-refractivity contribution in [2.75, 3.05) is 20.6 Å². The molecule has 0 amide bonds. The molecule has 2 nitrogen and oxygen atoms in total. The molecule has 1 unspecified atom stereocenters. The predicted octanol–water partition coefficient (Wildman–Crippen LogP) is 3.86. The second-order valence-corrected chi connectivity index (χ2v) is 6.69. The highest BCUT2D eigenvalue weighted by atomic mass is 15.2. The molecule has 1 fully saturated rings. The normalized spacial score (nSPS) is 19.6. The van der Waals surface area contributed by atoms with Gasteiger partial charge in [-0.25, -0.2) is 0 Å². The van der Waals surface area contributed by atoms with E-state index >= 15 is 0 Å². The number of likely N-dealkylation sites (N-methyl/N-ethyl adjacent to an activating group) is 2. The van der Waals surface area contributed by atoms with Crippen molar-refractivity contribution >= 4 is 0 Å². The van der Waals surface area contributed by atoms with Crippen molar-refractivity contribution in [3.63, 3.8) is 0 Å². The van der Waals surface area contributed by atoms with Gasteiger partial charge in [-0.3, -0.25) is 0 Å². The zero-order valence-electron chi connectivity index (χ0n) is 14.1. The number of aryl methyl sites for hydroxylation is 1. The summed E-state index contributed by atoms with van der Waals surface area (Å²) in [5, 5.41) is 3.80. The fourth-order valence-electron chi connectivity index (χ4n) is 4.03. The van der Waals surface area contributed by atoms with Crippen LogP contribution in [0.2, 0.25) is 0 Å². The van der Waals surface area contributed by atoms with Gasteiger partial charge in [-0.15, -0.1) is 0 Å². The average Bonchev–Trinajstić information content (AvgIpc) is 2.53. The summed E-state index contributed by atoms with van der Waals surface area (Å²) in [5.41, 5.74) is 1.81. The van der Waals surface area contributed by atoms with Crippen LogP contribution in [-0.4, -0.2) is 37.1 Å². The molecule has 0 radical (unpaired) electrons. The van der Waals surface area contributed by atoms with Gasteiger partial charge >= 0.3 is 0 Å². The lowest BCUT2D eigenvalue weighted by Gasteiger charge is -2.49. The Labute approximate surface area is 130 Å².